The highest BCUT2D eigenvalue weighted by molar-refractivity contribution is 5.61. The Kier molecular flexibility index (Phi) is 2.69. The Morgan fingerprint density at radius 3 is 2.33 bits per heavy atom. The van der Waals surface area contributed by atoms with E-state index in [1.54, 1.807) is 18.6 Å². The molecule has 2 rings (SSSR count). The summed E-state index contributed by atoms with van der Waals surface area (Å²) in [5.41, 5.74) is 7.94. The molecule has 0 fully saturated rings. The molecule has 0 spiro atoms. The Labute approximate surface area is 86.8 Å². The van der Waals surface area contributed by atoms with Gasteiger partial charge < -0.3 is 5.73 Å². The van der Waals surface area contributed by atoms with Gasteiger partial charge in [0.1, 0.15) is 5.82 Å². The van der Waals surface area contributed by atoms with Gasteiger partial charge in [-0.05, 0) is 17.7 Å². The predicted octanol–water partition coefficient (Wildman–Crippen LogP) is 1.74. The Bertz CT molecular complexity index is 471. The van der Waals surface area contributed by atoms with Gasteiger partial charge in [-0.3, -0.25) is 9.97 Å². The van der Waals surface area contributed by atoms with Crippen molar-refractivity contribution in [3.8, 4) is 11.1 Å². The molecule has 0 amide bonds. The highest BCUT2D eigenvalue weighted by Crippen LogP contribution is 2.18. The van der Waals surface area contributed by atoms with Crippen LogP contribution < -0.4 is 5.73 Å². The van der Waals surface area contributed by atoms with E-state index in [9.17, 15) is 4.39 Å². The molecule has 0 atom stereocenters. The first-order chi connectivity index (χ1) is 7.29. The third-order valence-electron chi connectivity index (χ3n) is 2.07. The third-order valence-corrected chi connectivity index (χ3v) is 2.07. The molecule has 0 saturated carbocycles. The summed E-state index contributed by atoms with van der Waals surface area (Å²) in [6.07, 6.45) is 6.12. The summed E-state index contributed by atoms with van der Waals surface area (Å²) in [5, 5.41) is 0. The summed E-state index contributed by atoms with van der Waals surface area (Å²) in [5.74, 6) is -0.356. The number of hydrogen-bond donors (Lipinski definition) is 1. The van der Waals surface area contributed by atoms with Crippen molar-refractivity contribution < 1.29 is 4.39 Å². The van der Waals surface area contributed by atoms with E-state index in [0.29, 0.717) is 12.1 Å². The minimum absolute atomic E-state index is 0.356. The lowest BCUT2D eigenvalue weighted by molar-refractivity contribution is 0.622. The van der Waals surface area contributed by atoms with Gasteiger partial charge >= 0.3 is 0 Å². The lowest BCUT2D eigenvalue weighted by atomic mass is 10.1. The molecule has 2 aromatic rings. The molecule has 4 heteroatoms. The molecular formula is C11H10FN3. The maximum absolute atomic E-state index is 12.9. The molecule has 15 heavy (non-hydrogen) atoms. The monoisotopic (exact) mass is 203 g/mol. The van der Waals surface area contributed by atoms with Gasteiger partial charge in [-0.25, -0.2) is 4.39 Å². The molecule has 2 heterocycles. The quantitative estimate of drug-likeness (QED) is 0.808. The maximum Gasteiger partial charge on any atom is 0.142 e. The highest BCUT2D eigenvalue weighted by atomic mass is 19.1. The second kappa shape index (κ2) is 4.14. The average Bonchev–Trinajstić information content (AvgIpc) is 2.29. The number of nitrogens with zero attached hydrogens (tertiary/aromatic N) is 2. The van der Waals surface area contributed by atoms with Gasteiger partial charge in [-0.1, -0.05) is 0 Å². The van der Waals surface area contributed by atoms with Crippen LogP contribution in [-0.4, -0.2) is 9.97 Å². The van der Waals surface area contributed by atoms with Crippen LogP contribution in [0.1, 0.15) is 5.56 Å². The Morgan fingerprint density at radius 1 is 1.00 bits per heavy atom. The topological polar surface area (TPSA) is 51.8 Å². The minimum Gasteiger partial charge on any atom is -0.326 e. The number of halogens is 1. The van der Waals surface area contributed by atoms with Crippen molar-refractivity contribution in [3.63, 3.8) is 0 Å². The van der Waals surface area contributed by atoms with Crippen molar-refractivity contribution in [1.82, 2.24) is 9.97 Å². The molecule has 3 nitrogen and oxygen atoms in total. The summed E-state index contributed by atoms with van der Waals surface area (Å²) in [6, 6.07) is 3.30. The second-order valence-corrected chi connectivity index (χ2v) is 3.18. The number of hydrogen-bond acceptors (Lipinski definition) is 3. The fraction of sp³-hybridized carbons (Fsp3) is 0.0909. The zero-order chi connectivity index (χ0) is 10.7. The Morgan fingerprint density at radius 2 is 1.67 bits per heavy atom. The van der Waals surface area contributed by atoms with Crippen molar-refractivity contribution in [2.45, 2.75) is 6.54 Å². The number of pyridine rings is 2. The van der Waals surface area contributed by atoms with Crippen LogP contribution in [0.2, 0.25) is 0 Å². The largest absolute Gasteiger partial charge is 0.326 e. The first-order valence-corrected chi connectivity index (χ1v) is 4.54. The van der Waals surface area contributed by atoms with E-state index >= 15 is 0 Å². The maximum atomic E-state index is 12.9. The third kappa shape index (κ3) is 2.16. The van der Waals surface area contributed by atoms with Gasteiger partial charge in [0.25, 0.3) is 0 Å². The van der Waals surface area contributed by atoms with Crippen LogP contribution in [0.15, 0.2) is 36.9 Å². The van der Waals surface area contributed by atoms with Crippen LogP contribution in [0.25, 0.3) is 11.1 Å². The lowest BCUT2D eigenvalue weighted by Crippen LogP contribution is -1.97. The smallest absolute Gasteiger partial charge is 0.142 e. The van der Waals surface area contributed by atoms with Gasteiger partial charge in [0.15, 0.2) is 0 Å². The van der Waals surface area contributed by atoms with Crippen molar-refractivity contribution in [1.29, 1.82) is 0 Å². The van der Waals surface area contributed by atoms with Crippen LogP contribution in [0.4, 0.5) is 4.39 Å². The number of rotatable bonds is 2. The molecule has 0 bridgehead atoms. The van der Waals surface area contributed by atoms with Crippen LogP contribution in [0.3, 0.4) is 0 Å². The van der Waals surface area contributed by atoms with Crippen molar-refractivity contribution in [2.75, 3.05) is 0 Å². The van der Waals surface area contributed by atoms with E-state index in [1.165, 1.54) is 12.3 Å². The molecule has 0 saturated heterocycles. The summed E-state index contributed by atoms with van der Waals surface area (Å²) >= 11 is 0. The van der Waals surface area contributed by atoms with Gasteiger partial charge in [0, 0.05) is 36.3 Å². The molecule has 0 aliphatic carbocycles. The van der Waals surface area contributed by atoms with Crippen LogP contribution >= 0.6 is 0 Å². The molecule has 2 N–H and O–H groups in total. The Hall–Kier alpha value is -1.81. The fourth-order valence-electron chi connectivity index (χ4n) is 1.33. The Balaban J connectivity index is 2.44. The van der Waals surface area contributed by atoms with Crippen LogP contribution in [0, 0.1) is 5.82 Å². The average molecular weight is 203 g/mol. The normalized spacial score (nSPS) is 10.3. The molecule has 2 aromatic heterocycles. The zero-order valence-electron chi connectivity index (χ0n) is 8.02. The molecule has 0 aliphatic heterocycles. The van der Waals surface area contributed by atoms with Crippen LogP contribution in [-0.2, 0) is 6.54 Å². The highest BCUT2D eigenvalue weighted by Gasteiger charge is 2.01. The molecule has 76 valence electrons. The zero-order valence-corrected chi connectivity index (χ0v) is 8.02. The first-order valence-electron chi connectivity index (χ1n) is 4.54. The van der Waals surface area contributed by atoms with E-state index in [4.69, 9.17) is 5.73 Å². The summed E-state index contributed by atoms with van der Waals surface area (Å²) in [7, 11) is 0. The van der Waals surface area contributed by atoms with E-state index in [0.717, 1.165) is 11.1 Å². The number of nitrogens with two attached hydrogens (primary N) is 1. The van der Waals surface area contributed by atoms with E-state index in [2.05, 4.69) is 9.97 Å². The SMILES string of the molecule is NCc1cncc(-c2cncc(F)c2)c1. The molecular weight excluding hydrogens is 193 g/mol. The standard InChI is InChI=1S/C11H10FN3/c12-11-2-10(6-15-7-11)9-1-8(3-13)4-14-5-9/h1-2,4-7H,3,13H2. The van der Waals surface area contributed by atoms with E-state index < -0.39 is 0 Å². The van der Waals surface area contributed by atoms with Gasteiger partial charge in [-0.2, -0.15) is 0 Å². The predicted molar refractivity (Wildman–Crippen MR) is 55.3 cm³/mol. The van der Waals surface area contributed by atoms with Gasteiger partial charge in [-0.15, -0.1) is 0 Å². The first kappa shape index (κ1) is 9.73. The molecule has 0 unspecified atom stereocenters. The summed E-state index contributed by atoms with van der Waals surface area (Å²) in [4.78, 5) is 7.81. The van der Waals surface area contributed by atoms with Crippen molar-refractivity contribution in [2.24, 2.45) is 5.73 Å². The summed E-state index contributed by atoms with van der Waals surface area (Å²) < 4.78 is 12.9. The van der Waals surface area contributed by atoms with Crippen molar-refractivity contribution >= 4 is 0 Å². The summed E-state index contributed by atoms with van der Waals surface area (Å²) in [6.45, 7) is 0.420. The minimum atomic E-state index is -0.356. The lowest BCUT2D eigenvalue weighted by Gasteiger charge is -2.02. The fourth-order valence-corrected chi connectivity index (χ4v) is 1.33. The van der Waals surface area contributed by atoms with E-state index in [1.807, 2.05) is 6.07 Å². The van der Waals surface area contributed by atoms with E-state index in [-0.39, 0.29) is 5.82 Å². The molecule has 0 aromatic carbocycles. The second-order valence-electron chi connectivity index (χ2n) is 3.18. The molecule has 0 aliphatic rings. The number of aromatic nitrogens is 2. The van der Waals surface area contributed by atoms with Gasteiger partial charge in [0.05, 0.1) is 6.20 Å². The van der Waals surface area contributed by atoms with Crippen LogP contribution in [0.5, 0.6) is 0 Å². The van der Waals surface area contributed by atoms with Crippen molar-refractivity contribution in [3.05, 3.63) is 48.3 Å². The molecule has 0 radical (unpaired) electrons. The van der Waals surface area contributed by atoms with Gasteiger partial charge in [0.2, 0.25) is 0 Å².